The van der Waals surface area contributed by atoms with Crippen LogP contribution in [0.2, 0.25) is 0 Å². The number of hydrogen-bond donors (Lipinski definition) is 3. The number of nitrogen functional groups attached to an aromatic ring is 2. The summed E-state index contributed by atoms with van der Waals surface area (Å²) in [7, 11) is 0. The molecule has 0 saturated carbocycles. The summed E-state index contributed by atoms with van der Waals surface area (Å²) < 4.78 is 25.6. The van der Waals surface area contributed by atoms with E-state index < -0.39 is 11.6 Å². The molecule has 1 aromatic carbocycles. The molecule has 0 fully saturated rings. The molecule has 0 spiro atoms. The molecule has 0 amide bonds. The quantitative estimate of drug-likeness (QED) is 0.739. The number of rotatable bonds is 2. The Kier molecular flexibility index (Phi) is 2.73. The third-order valence-electron chi connectivity index (χ3n) is 1.96. The van der Waals surface area contributed by atoms with E-state index in [1.807, 2.05) is 0 Å². The molecule has 0 atom stereocenters. The summed E-state index contributed by atoms with van der Waals surface area (Å²) in [6.07, 6.45) is 0. The van der Waals surface area contributed by atoms with E-state index in [9.17, 15) is 8.78 Å². The van der Waals surface area contributed by atoms with Gasteiger partial charge >= 0.3 is 0 Å². The number of anilines is 4. The lowest BCUT2D eigenvalue weighted by molar-refractivity contribution is 0.509. The Labute approximate surface area is 95.5 Å². The number of nitrogens with two attached hydrogens (primary N) is 2. The van der Waals surface area contributed by atoms with Gasteiger partial charge in [-0.3, -0.25) is 0 Å². The van der Waals surface area contributed by atoms with E-state index in [1.165, 1.54) is 12.1 Å². The Morgan fingerprint density at radius 1 is 1.00 bits per heavy atom. The molecular weight excluding hydrogens is 228 g/mol. The van der Waals surface area contributed by atoms with Crippen molar-refractivity contribution in [1.29, 1.82) is 0 Å². The highest BCUT2D eigenvalue weighted by Gasteiger charge is 2.04. The molecule has 0 radical (unpaired) electrons. The summed E-state index contributed by atoms with van der Waals surface area (Å²) in [5, 5.41) is 2.74. The van der Waals surface area contributed by atoms with Crippen molar-refractivity contribution >= 4 is 23.3 Å². The summed E-state index contributed by atoms with van der Waals surface area (Å²) >= 11 is 0. The van der Waals surface area contributed by atoms with Crippen molar-refractivity contribution in [2.24, 2.45) is 0 Å². The highest BCUT2D eigenvalue weighted by atomic mass is 19.2. The molecule has 0 unspecified atom stereocenters. The summed E-state index contributed by atoms with van der Waals surface area (Å²) in [5.74, 6) is -1.39. The first-order chi connectivity index (χ1) is 8.04. The fourth-order valence-corrected chi connectivity index (χ4v) is 1.27. The average Bonchev–Trinajstić information content (AvgIpc) is 2.22. The monoisotopic (exact) mass is 237 g/mol. The van der Waals surface area contributed by atoms with E-state index in [1.54, 1.807) is 0 Å². The van der Waals surface area contributed by atoms with Crippen molar-refractivity contribution in [3.05, 3.63) is 35.9 Å². The van der Waals surface area contributed by atoms with Crippen LogP contribution in [-0.2, 0) is 0 Å². The van der Waals surface area contributed by atoms with Crippen LogP contribution in [-0.4, -0.2) is 9.97 Å². The van der Waals surface area contributed by atoms with Crippen molar-refractivity contribution in [3.8, 4) is 0 Å². The van der Waals surface area contributed by atoms with Gasteiger partial charge in [-0.2, -0.15) is 9.97 Å². The minimum absolute atomic E-state index is 0.00455. The molecule has 1 aromatic heterocycles. The number of halogens is 2. The first-order valence-electron chi connectivity index (χ1n) is 4.67. The predicted molar refractivity (Wildman–Crippen MR) is 60.5 cm³/mol. The maximum Gasteiger partial charge on any atom is 0.223 e. The summed E-state index contributed by atoms with van der Waals surface area (Å²) in [4.78, 5) is 7.52. The Balaban J connectivity index is 2.28. The SMILES string of the molecule is Nc1cc(Nc2ccc(F)c(F)c2)nc(N)n1. The van der Waals surface area contributed by atoms with Gasteiger partial charge in [-0.05, 0) is 12.1 Å². The average molecular weight is 237 g/mol. The van der Waals surface area contributed by atoms with Crippen LogP contribution >= 0.6 is 0 Å². The lowest BCUT2D eigenvalue weighted by Crippen LogP contribution is -2.03. The molecule has 0 aliphatic rings. The topological polar surface area (TPSA) is 89.8 Å². The van der Waals surface area contributed by atoms with Crippen LogP contribution in [0.4, 0.5) is 32.1 Å². The zero-order chi connectivity index (χ0) is 12.4. The van der Waals surface area contributed by atoms with E-state index in [0.29, 0.717) is 11.5 Å². The van der Waals surface area contributed by atoms with Gasteiger partial charge in [-0.15, -0.1) is 0 Å². The zero-order valence-electron chi connectivity index (χ0n) is 8.61. The minimum Gasteiger partial charge on any atom is -0.383 e. The van der Waals surface area contributed by atoms with E-state index in [2.05, 4.69) is 15.3 Å². The van der Waals surface area contributed by atoms with Crippen LogP contribution in [0.25, 0.3) is 0 Å². The van der Waals surface area contributed by atoms with Crippen molar-refractivity contribution < 1.29 is 8.78 Å². The lowest BCUT2D eigenvalue weighted by atomic mass is 10.3. The second-order valence-electron chi connectivity index (χ2n) is 3.29. The van der Waals surface area contributed by atoms with Crippen LogP contribution in [0.15, 0.2) is 24.3 Å². The van der Waals surface area contributed by atoms with Gasteiger partial charge in [0.2, 0.25) is 5.95 Å². The molecular formula is C10H9F2N5. The maximum absolute atomic E-state index is 12.9. The zero-order valence-corrected chi connectivity index (χ0v) is 8.61. The Hall–Kier alpha value is -2.44. The fourth-order valence-electron chi connectivity index (χ4n) is 1.27. The Bertz CT molecular complexity index is 538. The molecule has 17 heavy (non-hydrogen) atoms. The number of benzene rings is 1. The van der Waals surface area contributed by atoms with Gasteiger partial charge in [-0.1, -0.05) is 0 Å². The molecule has 2 aromatic rings. The summed E-state index contributed by atoms with van der Waals surface area (Å²) in [6, 6.07) is 4.81. The molecule has 0 aliphatic heterocycles. The number of nitrogens with zero attached hydrogens (tertiary/aromatic N) is 2. The van der Waals surface area contributed by atoms with Gasteiger partial charge < -0.3 is 16.8 Å². The number of aromatic nitrogens is 2. The molecule has 5 nitrogen and oxygen atoms in total. The first-order valence-corrected chi connectivity index (χ1v) is 4.67. The highest BCUT2D eigenvalue weighted by molar-refractivity contribution is 5.59. The van der Waals surface area contributed by atoms with Crippen LogP contribution in [0.3, 0.4) is 0 Å². The number of nitrogens with one attached hydrogen (secondary N) is 1. The Morgan fingerprint density at radius 2 is 1.76 bits per heavy atom. The minimum atomic E-state index is -0.954. The largest absolute Gasteiger partial charge is 0.383 e. The Morgan fingerprint density at radius 3 is 2.41 bits per heavy atom. The molecule has 5 N–H and O–H groups in total. The van der Waals surface area contributed by atoms with Crippen molar-refractivity contribution in [2.75, 3.05) is 16.8 Å². The third kappa shape index (κ3) is 2.57. The molecule has 1 heterocycles. The smallest absolute Gasteiger partial charge is 0.223 e. The summed E-state index contributed by atoms with van der Waals surface area (Å²) in [5.41, 5.74) is 11.2. The number of hydrogen-bond acceptors (Lipinski definition) is 5. The van der Waals surface area contributed by atoms with Gasteiger partial charge in [-0.25, -0.2) is 8.78 Å². The van der Waals surface area contributed by atoms with E-state index in [0.717, 1.165) is 12.1 Å². The van der Waals surface area contributed by atoms with Crippen LogP contribution in [0, 0.1) is 11.6 Å². The van der Waals surface area contributed by atoms with Crippen LogP contribution in [0.1, 0.15) is 0 Å². The molecule has 0 bridgehead atoms. The molecule has 0 saturated heterocycles. The fraction of sp³-hybridized carbons (Fsp3) is 0. The van der Waals surface area contributed by atoms with Gasteiger partial charge in [0.25, 0.3) is 0 Å². The van der Waals surface area contributed by atoms with Crippen molar-refractivity contribution in [2.45, 2.75) is 0 Å². The second kappa shape index (κ2) is 4.20. The van der Waals surface area contributed by atoms with E-state index in [-0.39, 0.29) is 11.8 Å². The second-order valence-corrected chi connectivity index (χ2v) is 3.29. The van der Waals surface area contributed by atoms with Gasteiger partial charge in [0.05, 0.1) is 0 Å². The van der Waals surface area contributed by atoms with E-state index in [4.69, 9.17) is 11.5 Å². The van der Waals surface area contributed by atoms with Crippen molar-refractivity contribution in [1.82, 2.24) is 9.97 Å². The van der Waals surface area contributed by atoms with Gasteiger partial charge in [0.1, 0.15) is 11.6 Å². The normalized spacial score (nSPS) is 10.2. The van der Waals surface area contributed by atoms with Crippen LogP contribution < -0.4 is 16.8 Å². The van der Waals surface area contributed by atoms with Crippen molar-refractivity contribution in [3.63, 3.8) is 0 Å². The summed E-state index contributed by atoms with van der Waals surface area (Å²) in [6.45, 7) is 0. The standard InChI is InChI=1S/C10H9F2N5/c11-6-2-1-5(3-7(6)12)15-9-4-8(13)16-10(14)17-9/h1-4H,(H5,13,14,15,16,17). The van der Waals surface area contributed by atoms with E-state index >= 15 is 0 Å². The maximum atomic E-state index is 12.9. The molecule has 88 valence electrons. The van der Waals surface area contributed by atoms with Gasteiger partial charge in [0.15, 0.2) is 11.6 Å². The lowest BCUT2D eigenvalue weighted by Gasteiger charge is -2.06. The third-order valence-corrected chi connectivity index (χ3v) is 1.96. The van der Waals surface area contributed by atoms with Gasteiger partial charge in [0, 0.05) is 17.8 Å². The van der Waals surface area contributed by atoms with Crippen LogP contribution in [0.5, 0.6) is 0 Å². The molecule has 0 aliphatic carbocycles. The molecule has 2 rings (SSSR count). The predicted octanol–water partition coefficient (Wildman–Crippen LogP) is 1.66. The highest BCUT2D eigenvalue weighted by Crippen LogP contribution is 2.18. The molecule has 7 heteroatoms. The first kappa shape index (κ1) is 11.1.